The summed E-state index contributed by atoms with van der Waals surface area (Å²) in [5.41, 5.74) is 3.71. The highest BCUT2D eigenvalue weighted by molar-refractivity contribution is 6.30. The summed E-state index contributed by atoms with van der Waals surface area (Å²) in [7, 11) is 0. The Morgan fingerprint density at radius 3 is 2.56 bits per heavy atom. The summed E-state index contributed by atoms with van der Waals surface area (Å²) in [4.78, 5) is 0. The van der Waals surface area contributed by atoms with Crippen LogP contribution in [0.5, 0.6) is 0 Å². The van der Waals surface area contributed by atoms with E-state index in [1.54, 1.807) is 0 Å². The van der Waals surface area contributed by atoms with E-state index in [0.29, 0.717) is 6.04 Å². The van der Waals surface area contributed by atoms with E-state index in [4.69, 9.17) is 11.6 Å². The molecule has 0 amide bonds. The van der Waals surface area contributed by atoms with Crippen LogP contribution >= 0.6 is 11.6 Å². The molecule has 88 valence electrons. The Kier molecular flexibility index (Phi) is 3.72. The predicted molar refractivity (Wildman–Crippen MR) is 70.4 cm³/mol. The zero-order valence-electron chi connectivity index (χ0n) is 9.94. The van der Waals surface area contributed by atoms with Crippen molar-refractivity contribution in [3.8, 4) is 0 Å². The van der Waals surface area contributed by atoms with E-state index in [0.717, 1.165) is 18.1 Å². The predicted octanol–water partition coefficient (Wildman–Crippen LogP) is 3.12. The lowest BCUT2D eigenvalue weighted by atomic mass is 10.0. The summed E-state index contributed by atoms with van der Waals surface area (Å²) in [5, 5.41) is 7.86. The van der Waals surface area contributed by atoms with Gasteiger partial charge < -0.3 is 10.6 Å². The fourth-order valence-corrected chi connectivity index (χ4v) is 2.64. The standard InChI is InChI=1S/C13H19ClN2/c1-9-6-11(14)7-10(2)13(9)16-12-4-3-5-15-8-12/h6-7,12,15-16H,3-5,8H2,1-2H3. The highest BCUT2D eigenvalue weighted by Gasteiger charge is 2.14. The maximum Gasteiger partial charge on any atom is 0.0412 e. The molecular weight excluding hydrogens is 220 g/mol. The van der Waals surface area contributed by atoms with Gasteiger partial charge in [0.2, 0.25) is 0 Å². The molecule has 2 N–H and O–H groups in total. The van der Waals surface area contributed by atoms with Gasteiger partial charge in [-0.05, 0) is 56.5 Å². The molecule has 1 aromatic carbocycles. The van der Waals surface area contributed by atoms with Crippen LogP contribution in [-0.2, 0) is 0 Å². The first-order valence-corrected chi connectivity index (χ1v) is 6.28. The number of hydrogen-bond donors (Lipinski definition) is 2. The summed E-state index contributed by atoms with van der Waals surface area (Å²) in [6, 6.07) is 4.59. The highest BCUT2D eigenvalue weighted by atomic mass is 35.5. The molecule has 0 saturated carbocycles. The van der Waals surface area contributed by atoms with Crippen LogP contribution in [-0.4, -0.2) is 19.1 Å². The van der Waals surface area contributed by atoms with Crippen LogP contribution in [0.15, 0.2) is 12.1 Å². The Hall–Kier alpha value is -0.730. The topological polar surface area (TPSA) is 24.1 Å². The molecule has 1 saturated heterocycles. The molecule has 1 aliphatic heterocycles. The number of halogens is 1. The van der Waals surface area contributed by atoms with Crippen LogP contribution in [0.4, 0.5) is 5.69 Å². The summed E-state index contributed by atoms with van der Waals surface area (Å²) in [6.45, 7) is 6.42. The maximum absolute atomic E-state index is 6.02. The molecule has 16 heavy (non-hydrogen) atoms. The number of rotatable bonds is 2. The zero-order valence-corrected chi connectivity index (χ0v) is 10.7. The maximum atomic E-state index is 6.02. The van der Waals surface area contributed by atoms with Crippen molar-refractivity contribution in [2.24, 2.45) is 0 Å². The molecular formula is C13H19ClN2. The minimum atomic E-state index is 0.548. The highest BCUT2D eigenvalue weighted by Crippen LogP contribution is 2.26. The summed E-state index contributed by atoms with van der Waals surface area (Å²) in [6.07, 6.45) is 2.50. The molecule has 1 fully saturated rings. The first-order chi connectivity index (χ1) is 7.66. The number of benzene rings is 1. The van der Waals surface area contributed by atoms with Crippen LogP contribution < -0.4 is 10.6 Å². The van der Waals surface area contributed by atoms with Crippen molar-refractivity contribution < 1.29 is 0 Å². The fraction of sp³-hybridized carbons (Fsp3) is 0.538. The van der Waals surface area contributed by atoms with Crippen molar-refractivity contribution >= 4 is 17.3 Å². The van der Waals surface area contributed by atoms with Gasteiger partial charge in [0.15, 0.2) is 0 Å². The van der Waals surface area contributed by atoms with Gasteiger partial charge in [-0.25, -0.2) is 0 Å². The Morgan fingerprint density at radius 2 is 2.00 bits per heavy atom. The van der Waals surface area contributed by atoms with Gasteiger partial charge in [0.1, 0.15) is 0 Å². The largest absolute Gasteiger partial charge is 0.381 e. The van der Waals surface area contributed by atoms with E-state index in [1.165, 1.54) is 29.7 Å². The van der Waals surface area contributed by atoms with E-state index in [2.05, 4.69) is 24.5 Å². The number of piperidine rings is 1. The Balaban J connectivity index is 2.14. The van der Waals surface area contributed by atoms with Gasteiger partial charge >= 0.3 is 0 Å². The number of hydrogen-bond acceptors (Lipinski definition) is 2. The Morgan fingerprint density at radius 1 is 1.31 bits per heavy atom. The Bertz CT molecular complexity index is 347. The van der Waals surface area contributed by atoms with Crippen LogP contribution in [0.3, 0.4) is 0 Å². The second kappa shape index (κ2) is 5.07. The van der Waals surface area contributed by atoms with Crippen LogP contribution in [0, 0.1) is 13.8 Å². The van der Waals surface area contributed by atoms with Crippen molar-refractivity contribution in [2.75, 3.05) is 18.4 Å². The first kappa shape index (κ1) is 11.7. The van der Waals surface area contributed by atoms with E-state index in [9.17, 15) is 0 Å². The second-order valence-corrected chi connectivity index (χ2v) is 5.04. The van der Waals surface area contributed by atoms with Gasteiger partial charge in [0.25, 0.3) is 0 Å². The summed E-state index contributed by atoms with van der Waals surface area (Å²) in [5.74, 6) is 0. The molecule has 1 aliphatic rings. The van der Waals surface area contributed by atoms with Crippen LogP contribution in [0.25, 0.3) is 0 Å². The molecule has 2 rings (SSSR count). The molecule has 3 heteroatoms. The molecule has 2 nitrogen and oxygen atoms in total. The van der Waals surface area contributed by atoms with Crippen molar-refractivity contribution in [3.05, 3.63) is 28.3 Å². The lowest BCUT2D eigenvalue weighted by Gasteiger charge is -2.26. The van der Waals surface area contributed by atoms with Crippen LogP contribution in [0.1, 0.15) is 24.0 Å². The molecule has 1 atom stereocenters. The molecule has 0 aromatic heterocycles. The fourth-order valence-electron chi connectivity index (χ4n) is 2.32. The van der Waals surface area contributed by atoms with Crippen LogP contribution in [0.2, 0.25) is 5.02 Å². The summed E-state index contributed by atoms with van der Waals surface area (Å²) >= 11 is 6.02. The average molecular weight is 239 g/mol. The molecule has 1 unspecified atom stereocenters. The van der Waals surface area contributed by atoms with E-state index >= 15 is 0 Å². The third kappa shape index (κ3) is 2.69. The molecule has 1 aromatic rings. The minimum absolute atomic E-state index is 0.548. The molecule has 0 bridgehead atoms. The smallest absolute Gasteiger partial charge is 0.0412 e. The quantitative estimate of drug-likeness (QED) is 0.827. The zero-order chi connectivity index (χ0) is 11.5. The summed E-state index contributed by atoms with van der Waals surface area (Å²) < 4.78 is 0. The second-order valence-electron chi connectivity index (χ2n) is 4.60. The van der Waals surface area contributed by atoms with E-state index in [1.807, 2.05) is 12.1 Å². The third-order valence-corrected chi connectivity index (χ3v) is 3.36. The third-order valence-electron chi connectivity index (χ3n) is 3.14. The van der Waals surface area contributed by atoms with Crippen molar-refractivity contribution in [1.29, 1.82) is 0 Å². The molecule has 0 spiro atoms. The van der Waals surface area contributed by atoms with Gasteiger partial charge in [-0.3, -0.25) is 0 Å². The number of anilines is 1. The normalized spacial score (nSPS) is 20.8. The van der Waals surface area contributed by atoms with Crippen molar-refractivity contribution in [2.45, 2.75) is 32.7 Å². The molecule has 0 aliphatic carbocycles. The van der Waals surface area contributed by atoms with Gasteiger partial charge in [-0.2, -0.15) is 0 Å². The van der Waals surface area contributed by atoms with E-state index < -0.39 is 0 Å². The average Bonchev–Trinajstić information content (AvgIpc) is 2.25. The molecule has 1 heterocycles. The SMILES string of the molecule is Cc1cc(Cl)cc(C)c1NC1CCCNC1. The number of nitrogens with one attached hydrogen (secondary N) is 2. The Labute approximate surface area is 102 Å². The van der Waals surface area contributed by atoms with Gasteiger partial charge in [-0.15, -0.1) is 0 Å². The van der Waals surface area contributed by atoms with E-state index in [-0.39, 0.29) is 0 Å². The minimum Gasteiger partial charge on any atom is -0.381 e. The van der Waals surface area contributed by atoms with Gasteiger partial charge in [-0.1, -0.05) is 11.6 Å². The lowest BCUT2D eigenvalue weighted by Crippen LogP contribution is -2.38. The lowest BCUT2D eigenvalue weighted by molar-refractivity contribution is 0.479. The van der Waals surface area contributed by atoms with Crippen molar-refractivity contribution in [1.82, 2.24) is 5.32 Å². The molecule has 0 radical (unpaired) electrons. The first-order valence-electron chi connectivity index (χ1n) is 5.91. The van der Waals surface area contributed by atoms with Crippen molar-refractivity contribution in [3.63, 3.8) is 0 Å². The monoisotopic (exact) mass is 238 g/mol. The number of aryl methyl sites for hydroxylation is 2. The van der Waals surface area contributed by atoms with Gasteiger partial charge in [0, 0.05) is 23.3 Å². The van der Waals surface area contributed by atoms with Gasteiger partial charge in [0.05, 0.1) is 0 Å².